The Hall–Kier alpha value is -2.64. The molecule has 6 nitrogen and oxygen atoms in total. The molecule has 0 radical (unpaired) electrons. The Morgan fingerprint density at radius 1 is 0.967 bits per heavy atom. The van der Waals surface area contributed by atoms with Crippen LogP contribution >= 0.6 is 12.2 Å². The fraction of sp³-hybridized carbons (Fsp3) is 0.391. The summed E-state index contributed by atoms with van der Waals surface area (Å²) in [5, 5.41) is 5.92. The van der Waals surface area contributed by atoms with E-state index in [0.717, 1.165) is 24.9 Å². The van der Waals surface area contributed by atoms with Gasteiger partial charge >= 0.3 is 0 Å². The molecule has 2 rings (SSSR count). The number of amides is 1. The highest BCUT2D eigenvalue weighted by atomic mass is 32.1. The molecule has 0 aliphatic heterocycles. The van der Waals surface area contributed by atoms with Crippen molar-refractivity contribution in [3.05, 3.63) is 54.1 Å². The molecule has 0 atom stereocenters. The molecule has 0 heterocycles. The van der Waals surface area contributed by atoms with E-state index in [0.29, 0.717) is 43.5 Å². The molecule has 7 heteroatoms. The van der Waals surface area contributed by atoms with Gasteiger partial charge in [0.1, 0.15) is 18.1 Å². The van der Waals surface area contributed by atoms with E-state index >= 15 is 0 Å². The molecule has 162 valence electrons. The molecule has 2 aromatic carbocycles. The molecule has 0 unspecified atom stereocenters. The number of hydrogen-bond donors (Lipinski definition) is 2. The van der Waals surface area contributed by atoms with E-state index in [9.17, 15) is 4.79 Å². The Morgan fingerprint density at radius 3 is 2.60 bits per heavy atom. The smallest absolute Gasteiger partial charge is 0.261 e. The number of hydrogen-bond acceptors (Lipinski definition) is 5. The minimum absolute atomic E-state index is 0.201. The van der Waals surface area contributed by atoms with Gasteiger partial charge < -0.3 is 19.5 Å². The van der Waals surface area contributed by atoms with Crippen LogP contribution in [0.4, 0.5) is 5.69 Å². The molecule has 0 bridgehead atoms. The number of carbonyl (C=O) groups is 1. The predicted molar refractivity (Wildman–Crippen MR) is 124 cm³/mol. The fourth-order valence-corrected chi connectivity index (χ4v) is 2.88. The van der Waals surface area contributed by atoms with E-state index in [1.807, 2.05) is 37.3 Å². The maximum Gasteiger partial charge on any atom is 0.261 e. The number of anilines is 1. The maximum absolute atomic E-state index is 12.7. The van der Waals surface area contributed by atoms with Gasteiger partial charge in [-0.2, -0.15) is 0 Å². The Balaban J connectivity index is 1.90. The first-order valence-corrected chi connectivity index (χ1v) is 10.7. The van der Waals surface area contributed by atoms with Gasteiger partial charge in [0.05, 0.1) is 18.8 Å². The number of thiocarbonyl (C=S) groups is 1. The summed E-state index contributed by atoms with van der Waals surface area (Å²) in [6.07, 6.45) is 3.16. The van der Waals surface area contributed by atoms with Gasteiger partial charge in [0, 0.05) is 18.4 Å². The second kappa shape index (κ2) is 13.6. The highest BCUT2D eigenvalue weighted by Crippen LogP contribution is 2.19. The zero-order chi connectivity index (χ0) is 21.6. The van der Waals surface area contributed by atoms with Crippen molar-refractivity contribution in [3.63, 3.8) is 0 Å². The summed E-state index contributed by atoms with van der Waals surface area (Å²) >= 11 is 5.30. The number of unbranched alkanes of at least 4 members (excludes halogenated alkanes) is 2. The van der Waals surface area contributed by atoms with Crippen LogP contribution in [0.2, 0.25) is 0 Å². The molecule has 0 spiro atoms. The van der Waals surface area contributed by atoms with Crippen LogP contribution in [0.5, 0.6) is 11.5 Å². The second-order valence-corrected chi connectivity index (χ2v) is 6.94. The Kier molecular flexibility index (Phi) is 10.7. The first-order chi connectivity index (χ1) is 14.6. The lowest BCUT2D eigenvalue weighted by atomic mass is 10.2. The maximum atomic E-state index is 12.7. The zero-order valence-electron chi connectivity index (χ0n) is 17.6. The van der Waals surface area contributed by atoms with Gasteiger partial charge in [-0.3, -0.25) is 10.1 Å². The number of para-hydroxylation sites is 1. The van der Waals surface area contributed by atoms with Crippen LogP contribution in [0.25, 0.3) is 0 Å². The van der Waals surface area contributed by atoms with Crippen LogP contribution in [0.3, 0.4) is 0 Å². The summed E-state index contributed by atoms with van der Waals surface area (Å²) in [5.74, 6) is 0.931. The summed E-state index contributed by atoms with van der Waals surface area (Å²) in [5.41, 5.74) is 1.17. The average Bonchev–Trinajstić information content (AvgIpc) is 2.75. The van der Waals surface area contributed by atoms with Crippen molar-refractivity contribution in [1.82, 2.24) is 5.32 Å². The predicted octanol–water partition coefficient (Wildman–Crippen LogP) is 4.80. The van der Waals surface area contributed by atoms with Crippen molar-refractivity contribution in [2.45, 2.75) is 33.1 Å². The SMILES string of the molecule is CCCCCOc1ccccc1C(=O)NC(=S)Nc1cccc(OCCOCC)c1. The lowest BCUT2D eigenvalue weighted by Crippen LogP contribution is -2.34. The second-order valence-electron chi connectivity index (χ2n) is 6.53. The third-order valence-corrected chi connectivity index (χ3v) is 4.36. The third kappa shape index (κ3) is 8.39. The monoisotopic (exact) mass is 430 g/mol. The number of carbonyl (C=O) groups excluding carboxylic acids is 1. The molecule has 1 amide bonds. The number of benzene rings is 2. The molecule has 2 aromatic rings. The Labute approximate surface area is 183 Å². The minimum Gasteiger partial charge on any atom is -0.493 e. The van der Waals surface area contributed by atoms with Gasteiger partial charge in [0.2, 0.25) is 0 Å². The van der Waals surface area contributed by atoms with Crippen molar-refractivity contribution in [2.75, 3.05) is 31.7 Å². The number of nitrogens with one attached hydrogen (secondary N) is 2. The van der Waals surface area contributed by atoms with Gasteiger partial charge in [-0.25, -0.2) is 0 Å². The van der Waals surface area contributed by atoms with E-state index in [4.69, 9.17) is 26.4 Å². The first-order valence-electron chi connectivity index (χ1n) is 10.3. The Bertz CT molecular complexity index is 813. The van der Waals surface area contributed by atoms with Gasteiger partial charge in [-0.1, -0.05) is 38.0 Å². The largest absolute Gasteiger partial charge is 0.493 e. The molecule has 0 aromatic heterocycles. The lowest BCUT2D eigenvalue weighted by molar-refractivity contribution is 0.0973. The summed E-state index contributed by atoms with van der Waals surface area (Å²) in [4.78, 5) is 12.7. The molecule has 0 aliphatic rings. The molecule has 0 saturated heterocycles. The number of ether oxygens (including phenoxy) is 3. The van der Waals surface area contributed by atoms with Crippen LogP contribution in [0, 0.1) is 0 Å². The van der Waals surface area contributed by atoms with Gasteiger partial charge in [-0.15, -0.1) is 0 Å². The third-order valence-electron chi connectivity index (χ3n) is 4.16. The van der Waals surface area contributed by atoms with Crippen molar-refractivity contribution in [2.24, 2.45) is 0 Å². The molecule has 0 aliphatic carbocycles. The van der Waals surface area contributed by atoms with Crippen LogP contribution in [0.15, 0.2) is 48.5 Å². The van der Waals surface area contributed by atoms with Gasteiger partial charge in [0.25, 0.3) is 5.91 Å². The molecule has 2 N–H and O–H groups in total. The van der Waals surface area contributed by atoms with Crippen molar-refractivity contribution >= 4 is 28.9 Å². The molecule has 30 heavy (non-hydrogen) atoms. The van der Waals surface area contributed by atoms with Crippen molar-refractivity contribution in [3.8, 4) is 11.5 Å². The Morgan fingerprint density at radius 2 is 1.80 bits per heavy atom. The van der Waals surface area contributed by atoms with Crippen LogP contribution in [-0.4, -0.2) is 37.4 Å². The van der Waals surface area contributed by atoms with Crippen LogP contribution in [-0.2, 0) is 4.74 Å². The summed E-state index contributed by atoms with van der Waals surface area (Å²) in [6, 6.07) is 14.5. The summed E-state index contributed by atoms with van der Waals surface area (Å²) in [6.45, 7) is 6.31. The van der Waals surface area contributed by atoms with E-state index in [1.54, 1.807) is 18.2 Å². The average molecular weight is 431 g/mol. The molecule has 0 saturated carbocycles. The van der Waals surface area contributed by atoms with E-state index < -0.39 is 0 Å². The van der Waals surface area contributed by atoms with E-state index in [2.05, 4.69) is 17.6 Å². The molecule has 0 fully saturated rings. The van der Waals surface area contributed by atoms with E-state index in [1.165, 1.54) is 0 Å². The van der Waals surface area contributed by atoms with Crippen molar-refractivity contribution < 1.29 is 19.0 Å². The zero-order valence-corrected chi connectivity index (χ0v) is 18.4. The first kappa shape index (κ1) is 23.6. The fourth-order valence-electron chi connectivity index (χ4n) is 2.67. The molecular weight excluding hydrogens is 400 g/mol. The van der Waals surface area contributed by atoms with Crippen LogP contribution < -0.4 is 20.1 Å². The normalized spacial score (nSPS) is 10.3. The molecular formula is C23H30N2O4S. The van der Waals surface area contributed by atoms with Crippen LogP contribution in [0.1, 0.15) is 43.5 Å². The summed E-state index contributed by atoms with van der Waals surface area (Å²) < 4.78 is 16.7. The van der Waals surface area contributed by atoms with Gasteiger partial charge in [0.15, 0.2) is 5.11 Å². The van der Waals surface area contributed by atoms with Gasteiger partial charge in [-0.05, 0) is 49.8 Å². The number of rotatable bonds is 12. The lowest BCUT2D eigenvalue weighted by Gasteiger charge is -2.13. The quantitative estimate of drug-likeness (QED) is 0.372. The minimum atomic E-state index is -0.317. The highest BCUT2D eigenvalue weighted by Gasteiger charge is 2.13. The summed E-state index contributed by atoms with van der Waals surface area (Å²) in [7, 11) is 0. The highest BCUT2D eigenvalue weighted by molar-refractivity contribution is 7.80. The standard InChI is InChI=1S/C23H30N2O4S/c1-3-5-8-14-29-21-13-7-6-12-20(21)22(26)25-23(30)24-18-10-9-11-19(17-18)28-16-15-27-4-2/h6-7,9-13,17H,3-5,8,14-16H2,1-2H3,(H2,24,25,26,30). The van der Waals surface area contributed by atoms with E-state index in [-0.39, 0.29) is 11.0 Å². The van der Waals surface area contributed by atoms with Crippen molar-refractivity contribution in [1.29, 1.82) is 0 Å². The topological polar surface area (TPSA) is 68.8 Å².